The van der Waals surface area contributed by atoms with Crippen molar-refractivity contribution >= 4 is 16.3 Å². The number of benzene rings is 1. The fourth-order valence-corrected chi connectivity index (χ4v) is 2.44. The smallest absolute Gasteiger partial charge is 0.275 e. The third kappa shape index (κ3) is 2.54. The Morgan fingerprint density at radius 1 is 1.35 bits per heavy atom. The minimum absolute atomic E-state index is 0.203. The Balaban J connectivity index is 1.80. The Morgan fingerprint density at radius 2 is 2.25 bits per heavy atom. The number of aromatic nitrogens is 3. The fraction of sp³-hybridized carbons (Fsp3) is 0.154. The summed E-state index contributed by atoms with van der Waals surface area (Å²) < 4.78 is 6.90. The Bertz CT molecular complexity index is 796. The maximum Gasteiger partial charge on any atom is 0.275 e. The summed E-state index contributed by atoms with van der Waals surface area (Å²) in [7, 11) is 0. The van der Waals surface area contributed by atoms with Gasteiger partial charge in [0.15, 0.2) is 0 Å². The molecule has 0 aliphatic heterocycles. The van der Waals surface area contributed by atoms with E-state index >= 15 is 0 Å². The molecule has 0 unspecified atom stereocenters. The van der Waals surface area contributed by atoms with Gasteiger partial charge in [0, 0.05) is 12.6 Å². The number of nitrogens with zero attached hydrogens (tertiary/aromatic N) is 3. The zero-order valence-corrected chi connectivity index (χ0v) is 11.3. The Kier molecular flexibility index (Phi) is 3.44. The molecular formula is C13H12N4O2S. The van der Waals surface area contributed by atoms with Crippen LogP contribution in [0.3, 0.4) is 0 Å². The molecule has 0 spiro atoms. The fourth-order valence-electron chi connectivity index (χ4n) is 1.79. The molecule has 0 atom stereocenters. The lowest BCUT2D eigenvalue weighted by Gasteiger charge is -2.06. The van der Waals surface area contributed by atoms with Gasteiger partial charge in [-0.15, -0.1) is 0 Å². The van der Waals surface area contributed by atoms with Crippen LogP contribution >= 0.6 is 11.3 Å². The van der Waals surface area contributed by atoms with E-state index in [1.54, 1.807) is 5.51 Å². The molecule has 0 amide bonds. The molecule has 1 aromatic carbocycles. The minimum atomic E-state index is -0.203. The minimum Gasteiger partial charge on any atom is -0.487 e. The average Bonchev–Trinajstić information content (AvgIpc) is 2.94. The Morgan fingerprint density at radius 3 is 3.10 bits per heavy atom. The van der Waals surface area contributed by atoms with Crippen molar-refractivity contribution in [2.45, 2.75) is 13.2 Å². The van der Waals surface area contributed by atoms with Crippen LogP contribution < -0.4 is 16.0 Å². The highest BCUT2D eigenvalue weighted by Gasteiger charge is 2.05. The van der Waals surface area contributed by atoms with E-state index in [-0.39, 0.29) is 12.2 Å². The Hall–Kier alpha value is -2.25. The van der Waals surface area contributed by atoms with Gasteiger partial charge in [0.05, 0.1) is 5.69 Å². The van der Waals surface area contributed by atoms with Crippen molar-refractivity contribution < 1.29 is 4.74 Å². The number of ether oxygens (including phenoxy) is 1. The topological polar surface area (TPSA) is 82.5 Å². The zero-order chi connectivity index (χ0) is 13.9. The lowest BCUT2D eigenvalue weighted by molar-refractivity contribution is 0.301. The molecule has 20 heavy (non-hydrogen) atoms. The highest BCUT2D eigenvalue weighted by molar-refractivity contribution is 7.14. The molecule has 0 aliphatic rings. The second kappa shape index (κ2) is 5.40. The van der Waals surface area contributed by atoms with Crippen LogP contribution in [0.15, 0.2) is 40.6 Å². The van der Waals surface area contributed by atoms with E-state index < -0.39 is 0 Å². The van der Waals surface area contributed by atoms with Crippen LogP contribution in [-0.4, -0.2) is 14.6 Å². The van der Waals surface area contributed by atoms with E-state index in [4.69, 9.17) is 10.5 Å². The molecule has 102 valence electrons. The van der Waals surface area contributed by atoms with E-state index in [1.165, 1.54) is 21.9 Å². The van der Waals surface area contributed by atoms with E-state index in [1.807, 2.05) is 24.3 Å². The first-order chi connectivity index (χ1) is 9.76. The Labute approximate surface area is 118 Å². The summed E-state index contributed by atoms with van der Waals surface area (Å²) in [6, 6.07) is 8.96. The summed E-state index contributed by atoms with van der Waals surface area (Å²) in [4.78, 5) is 16.7. The molecule has 0 saturated carbocycles. The number of rotatable bonds is 4. The van der Waals surface area contributed by atoms with Gasteiger partial charge in [0.25, 0.3) is 5.56 Å². The molecule has 3 aromatic rings. The molecule has 6 nitrogen and oxygen atoms in total. The maximum absolute atomic E-state index is 11.8. The quantitative estimate of drug-likeness (QED) is 0.779. The SMILES string of the molecule is NCc1cccc(OCc2cc(=O)n3ncsc3n2)c1. The van der Waals surface area contributed by atoms with Crippen molar-refractivity contribution in [1.29, 1.82) is 0 Å². The van der Waals surface area contributed by atoms with Gasteiger partial charge in [-0.25, -0.2) is 4.98 Å². The van der Waals surface area contributed by atoms with Gasteiger partial charge in [-0.2, -0.15) is 9.61 Å². The van der Waals surface area contributed by atoms with Gasteiger partial charge in [0.2, 0.25) is 4.96 Å². The van der Waals surface area contributed by atoms with Crippen LogP contribution in [0.2, 0.25) is 0 Å². The van der Waals surface area contributed by atoms with Gasteiger partial charge >= 0.3 is 0 Å². The second-order valence-electron chi connectivity index (χ2n) is 4.16. The van der Waals surface area contributed by atoms with E-state index in [0.717, 1.165) is 5.56 Å². The molecule has 3 rings (SSSR count). The van der Waals surface area contributed by atoms with Crippen molar-refractivity contribution in [3.05, 3.63) is 57.5 Å². The summed E-state index contributed by atoms with van der Waals surface area (Å²) in [6.45, 7) is 0.696. The summed E-state index contributed by atoms with van der Waals surface area (Å²) in [5.41, 5.74) is 8.53. The standard InChI is InChI=1S/C13H12N4O2S/c14-6-9-2-1-3-11(4-9)19-7-10-5-12(18)17-13(16-10)20-8-15-17/h1-5,8H,6-7,14H2. The van der Waals surface area contributed by atoms with Crippen LogP contribution in [0, 0.1) is 0 Å². The number of fused-ring (bicyclic) bond motifs is 1. The van der Waals surface area contributed by atoms with Gasteiger partial charge in [-0.1, -0.05) is 23.5 Å². The molecule has 7 heteroatoms. The molecular weight excluding hydrogens is 276 g/mol. The lowest BCUT2D eigenvalue weighted by Crippen LogP contribution is -2.16. The predicted molar refractivity (Wildman–Crippen MR) is 75.8 cm³/mol. The number of hydrogen-bond acceptors (Lipinski definition) is 6. The largest absolute Gasteiger partial charge is 0.487 e. The molecule has 0 radical (unpaired) electrons. The highest BCUT2D eigenvalue weighted by Crippen LogP contribution is 2.14. The first kappa shape index (κ1) is 12.8. The van der Waals surface area contributed by atoms with E-state index in [2.05, 4.69) is 10.1 Å². The molecule has 2 heterocycles. The average molecular weight is 288 g/mol. The normalized spacial score (nSPS) is 10.8. The summed E-state index contributed by atoms with van der Waals surface area (Å²) in [5, 5.41) is 3.91. The van der Waals surface area contributed by atoms with Crippen molar-refractivity contribution in [2.75, 3.05) is 0 Å². The van der Waals surface area contributed by atoms with Gasteiger partial charge < -0.3 is 10.5 Å². The highest BCUT2D eigenvalue weighted by atomic mass is 32.1. The van der Waals surface area contributed by atoms with Crippen LogP contribution in [0.25, 0.3) is 4.96 Å². The van der Waals surface area contributed by atoms with Crippen LogP contribution in [-0.2, 0) is 13.2 Å². The zero-order valence-electron chi connectivity index (χ0n) is 10.5. The predicted octanol–water partition coefficient (Wildman–Crippen LogP) is 1.19. The molecule has 0 aliphatic carbocycles. The second-order valence-corrected chi connectivity index (χ2v) is 4.97. The van der Waals surface area contributed by atoms with E-state index in [9.17, 15) is 4.79 Å². The molecule has 0 bridgehead atoms. The van der Waals surface area contributed by atoms with Crippen molar-refractivity contribution in [3.8, 4) is 5.75 Å². The number of hydrogen-bond donors (Lipinski definition) is 1. The van der Waals surface area contributed by atoms with Crippen LogP contribution in [0.4, 0.5) is 0 Å². The summed E-state index contributed by atoms with van der Waals surface area (Å²) in [6.07, 6.45) is 0. The summed E-state index contributed by atoms with van der Waals surface area (Å²) in [5.74, 6) is 0.708. The summed E-state index contributed by atoms with van der Waals surface area (Å²) >= 11 is 1.31. The van der Waals surface area contributed by atoms with Crippen molar-refractivity contribution in [2.24, 2.45) is 5.73 Å². The molecule has 2 N–H and O–H groups in total. The third-order valence-electron chi connectivity index (χ3n) is 2.76. The van der Waals surface area contributed by atoms with Crippen LogP contribution in [0.1, 0.15) is 11.3 Å². The van der Waals surface area contributed by atoms with Gasteiger partial charge in [-0.3, -0.25) is 4.79 Å². The first-order valence-electron chi connectivity index (χ1n) is 6.00. The lowest BCUT2D eigenvalue weighted by atomic mass is 10.2. The molecule has 0 saturated heterocycles. The van der Waals surface area contributed by atoms with E-state index in [0.29, 0.717) is 22.9 Å². The van der Waals surface area contributed by atoms with Gasteiger partial charge in [-0.05, 0) is 17.7 Å². The van der Waals surface area contributed by atoms with Crippen molar-refractivity contribution in [3.63, 3.8) is 0 Å². The molecule has 0 fully saturated rings. The monoisotopic (exact) mass is 288 g/mol. The van der Waals surface area contributed by atoms with Gasteiger partial charge in [0.1, 0.15) is 17.9 Å². The number of nitrogens with two attached hydrogens (primary N) is 1. The van der Waals surface area contributed by atoms with Crippen molar-refractivity contribution in [1.82, 2.24) is 14.6 Å². The maximum atomic E-state index is 11.8. The molecule has 2 aromatic heterocycles. The third-order valence-corrected chi connectivity index (χ3v) is 3.44. The van der Waals surface area contributed by atoms with Crippen LogP contribution in [0.5, 0.6) is 5.75 Å². The first-order valence-corrected chi connectivity index (χ1v) is 6.88.